The van der Waals surface area contributed by atoms with Crippen molar-refractivity contribution in [1.82, 2.24) is 5.16 Å². The Kier molecular flexibility index (Phi) is 4.62. The fourth-order valence-corrected chi connectivity index (χ4v) is 3.76. The molecule has 0 bridgehead atoms. The fourth-order valence-electron chi connectivity index (χ4n) is 3.76. The zero-order valence-electron chi connectivity index (χ0n) is 15.0. The van der Waals surface area contributed by atoms with Crippen LogP contribution in [0.5, 0.6) is 0 Å². The van der Waals surface area contributed by atoms with Gasteiger partial charge in [-0.2, -0.15) is 0 Å². The van der Waals surface area contributed by atoms with Crippen molar-refractivity contribution in [1.29, 1.82) is 0 Å². The normalized spacial score (nSPS) is 20.8. The van der Waals surface area contributed by atoms with Gasteiger partial charge in [0.15, 0.2) is 11.6 Å². The highest BCUT2D eigenvalue weighted by atomic mass is 16.5. The van der Waals surface area contributed by atoms with E-state index in [2.05, 4.69) is 10.1 Å². The summed E-state index contributed by atoms with van der Waals surface area (Å²) in [5.41, 5.74) is 1.91. The summed E-state index contributed by atoms with van der Waals surface area (Å²) in [5.74, 6) is 0.775. The SMILES string of the molecule is CN=C(CCc1noc2c1C(=O)CCC2)C1=C(O)CC(C)(C)CC1=O. The van der Waals surface area contributed by atoms with Crippen LogP contribution in [0.25, 0.3) is 0 Å². The second-order valence-electron chi connectivity index (χ2n) is 7.64. The number of carbonyl (C=O) groups excluding carboxylic acids is 2. The molecule has 6 heteroatoms. The highest BCUT2D eigenvalue weighted by Crippen LogP contribution is 2.36. The third kappa shape index (κ3) is 3.43. The number of aliphatic hydroxyl groups excluding tert-OH is 1. The summed E-state index contributed by atoms with van der Waals surface area (Å²) < 4.78 is 5.30. The molecule has 0 saturated heterocycles. The Bertz CT molecular complexity index is 783. The number of aromatic nitrogens is 1. The lowest BCUT2D eigenvalue weighted by Gasteiger charge is -2.30. The molecule has 25 heavy (non-hydrogen) atoms. The molecule has 2 aliphatic rings. The van der Waals surface area contributed by atoms with Crippen molar-refractivity contribution < 1.29 is 19.2 Å². The molecule has 1 heterocycles. The standard InChI is InChI=1S/C19H24N2O4/c1-19(2)9-14(23)17(15(24)10-19)11(20-3)7-8-12-18-13(22)5-4-6-16(18)25-21-12/h23H,4-10H2,1-3H3. The van der Waals surface area contributed by atoms with E-state index >= 15 is 0 Å². The minimum atomic E-state index is -0.235. The van der Waals surface area contributed by atoms with Crippen molar-refractivity contribution in [3.8, 4) is 0 Å². The first-order valence-corrected chi connectivity index (χ1v) is 8.74. The lowest BCUT2D eigenvalue weighted by molar-refractivity contribution is -0.117. The Morgan fingerprint density at radius 2 is 2.00 bits per heavy atom. The van der Waals surface area contributed by atoms with E-state index in [0.717, 1.165) is 12.8 Å². The van der Waals surface area contributed by atoms with Gasteiger partial charge in [0.25, 0.3) is 0 Å². The van der Waals surface area contributed by atoms with Gasteiger partial charge in [0, 0.05) is 38.4 Å². The summed E-state index contributed by atoms with van der Waals surface area (Å²) in [6, 6.07) is 0. The molecule has 0 radical (unpaired) electrons. The van der Waals surface area contributed by atoms with Crippen LogP contribution in [0.2, 0.25) is 0 Å². The van der Waals surface area contributed by atoms with Crippen molar-refractivity contribution in [3.63, 3.8) is 0 Å². The van der Waals surface area contributed by atoms with Gasteiger partial charge in [-0.25, -0.2) is 0 Å². The van der Waals surface area contributed by atoms with E-state index < -0.39 is 0 Å². The van der Waals surface area contributed by atoms with Crippen LogP contribution in [0.1, 0.15) is 67.8 Å². The monoisotopic (exact) mass is 344 g/mol. The highest BCUT2D eigenvalue weighted by molar-refractivity contribution is 6.23. The van der Waals surface area contributed by atoms with Gasteiger partial charge in [0.1, 0.15) is 11.5 Å². The Morgan fingerprint density at radius 3 is 2.68 bits per heavy atom. The van der Waals surface area contributed by atoms with E-state index in [1.807, 2.05) is 13.8 Å². The number of aliphatic hydroxyl groups is 1. The van der Waals surface area contributed by atoms with Crippen molar-refractivity contribution in [2.75, 3.05) is 7.05 Å². The number of Topliss-reactive ketones (excluding diaryl/α,β-unsaturated/α-hetero) is 2. The van der Waals surface area contributed by atoms with E-state index in [-0.39, 0.29) is 22.7 Å². The van der Waals surface area contributed by atoms with Crippen LogP contribution in [0, 0.1) is 5.41 Å². The minimum Gasteiger partial charge on any atom is -0.511 e. The number of ketones is 2. The van der Waals surface area contributed by atoms with Crippen LogP contribution < -0.4 is 0 Å². The first-order chi connectivity index (χ1) is 11.8. The summed E-state index contributed by atoms with van der Waals surface area (Å²) in [6.07, 6.45) is 3.82. The van der Waals surface area contributed by atoms with Gasteiger partial charge >= 0.3 is 0 Å². The average Bonchev–Trinajstić information content (AvgIpc) is 2.93. The summed E-state index contributed by atoms with van der Waals surface area (Å²) >= 11 is 0. The van der Waals surface area contributed by atoms with Crippen LogP contribution in [-0.2, 0) is 17.6 Å². The number of hydrogen-bond donors (Lipinski definition) is 1. The molecule has 1 aromatic rings. The zero-order chi connectivity index (χ0) is 18.2. The molecule has 0 amide bonds. The van der Waals surface area contributed by atoms with E-state index in [9.17, 15) is 14.7 Å². The van der Waals surface area contributed by atoms with Crippen molar-refractivity contribution in [2.24, 2.45) is 10.4 Å². The van der Waals surface area contributed by atoms with Crippen LogP contribution in [0.15, 0.2) is 20.8 Å². The number of carbonyl (C=O) groups is 2. The van der Waals surface area contributed by atoms with Crippen LogP contribution in [-0.4, -0.2) is 34.6 Å². The maximum atomic E-state index is 12.5. The molecule has 1 N–H and O–H groups in total. The van der Waals surface area contributed by atoms with Crippen LogP contribution in [0.4, 0.5) is 0 Å². The number of hydrogen-bond acceptors (Lipinski definition) is 6. The second-order valence-corrected chi connectivity index (χ2v) is 7.64. The maximum absolute atomic E-state index is 12.5. The largest absolute Gasteiger partial charge is 0.511 e. The Hall–Kier alpha value is -2.24. The number of aryl methyl sites for hydroxylation is 2. The molecule has 6 nitrogen and oxygen atoms in total. The molecule has 0 spiro atoms. The molecule has 0 aromatic carbocycles. The van der Waals surface area contributed by atoms with E-state index in [1.165, 1.54) is 0 Å². The first-order valence-electron chi connectivity index (χ1n) is 8.74. The van der Waals surface area contributed by atoms with Gasteiger partial charge in [0.2, 0.25) is 0 Å². The summed E-state index contributed by atoms with van der Waals surface area (Å²) in [6.45, 7) is 3.93. The van der Waals surface area contributed by atoms with Crippen molar-refractivity contribution >= 4 is 17.3 Å². The van der Waals surface area contributed by atoms with Gasteiger partial charge < -0.3 is 9.63 Å². The predicted octanol–water partition coefficient (Wildman–Crippen LogP) is 3.40. The highest BCUT2D eigenvalue weighted by Gasteiger charge is 2.35. The summed E-state index contributed by atoms with van der Waals surface area (Å²) in [5, 5.41) is 14.4. The lowest BCUT2D eigenvalue weighted by atomic mass is 9.75. The molecule has 134 valence electrons. The molecule has 0 saturated carbocycles. The molecule has 3 rings (SSSR count). The molecule has 2 aliphatic carbocycles. The van der Waals surface area contributed by atoms with Crippen molar-refractivity contribution in [3.05, 3.63) is 28.3 Å². The molecule has 0 atom stereocenters. The molecule has 0 unspecified atom stereocenters. The molecular weight excluding hydrogens is 320 g/mol. The van der Waals surface area contributed by atoms with E-state index in [0.29, 0.717) is 60.4 Å². The second kappa shape index (κ2) is 6.58. The molecule has 0 fully saturated rings. The maximum Gasteiger partial charge on any atom is 0.168 e. The number of nitrogens with zero attached hydrogens (tertiary/aromatic N) is 2. The quantitative estimate of drug-likeness (QED) is 0.845. The van der Waals surface area contributed by atoms with Crippen LogP contribution in [0.3, 0.4) is 0 Å². The topological polar surface area (TPSA) is 92.8 Å². The number of aliphatic imine (C=N–C) groups is 1. The van der Waals surface area contributed by atoms with E-state index in [4.69, 9.17) is 4.52 Å². The number of allylic oxidation sites excluding steroid dienone is 2. The number of fused-ring (bicyclic) bond motifs is 1. The van der Waals surface area contributed by atoms with E-state index in [1.54, 1.807) is 7.05 Å². The predicted molar refractivity (Wildman–Crippen MR) is 93.1 cm³/mol. The molecule has 1 aromatic heterocycles. The van der Waals surface area contributed by atoms with Crippen LogP contribution >= 0.6 is 0 Å². The van der Waals surface area contributed by atoms with Gasteiger partial charge in [-0.05, 0) is 24.7 Å². The van der Waals surface area contributed by atoms with Gasteiger partial charge in [-0.1, -0.05) is 19.0 Å². The Balaban J connectivity index is 1.80. The smallest absolute Gasteiger partial charge is 0.168 e. The zero-order valence-corrected chi connectivity index (χ0v) is 15.0. The van der Waals surface area contributed by atoms with Gasteiger partial charge in [0.05, 0.1) is 16.8 Å². The first kappa shape index (κ1) is 17.6. The molecule has 0 aliphatic heterocycles. The lowest BCUT2D eigenvalue weighted by Crippen LogP contribution is -2.29. The minimum absolute atomic E-state index is 0.0741. The third-order valence-electron chi connectivity index (χ3n) is 4.93. The number of rotatable bonds is 4. The molecular formula is C19H24N2O4. The average molecular weight is 344 g/mol. The third-order valence-corrected chi connectivity index (χ3v) is 4.93. The van der Waals surface area contributed by atoms with Gasteiger partial charge in [-0.3, -0.25) is 14.6 Å². The Labute approximate surface area is 147 Å². The van der Waals surface area contributed by atoms with Crippen molar-refractivity contribution in [2.45, 2.75) is 58.8 Å². The summed E-state index contributed by atoms with van der Waals surface area (Å²) in [4.78, 5) is 28.8. The van der Waals surface area contributed by atoms with Gasteiger partial charge in [-0.15, -0.1) is 0 Å². The Morgan fingerprint density at radius 1 is 1.24 bits per heavy atom. The fraction of sp³-hybridized carbons (Fsp3) is 0.579. The summed E-state index contributed by atoms with van der Waals surface area (Å²) in [7, 11) is 1.62.